The molecule has 0 aromatic heterocycles. The standard InChI is InChI=1S/C14H29N5O4/c1-10(2)9-11(15)7-6-8-18(19(21)22)12(16)17-13(20)23-14(3,4)5/h10-11H,6-9,15H2,1-5H3,(H2,16,17,20)/t11-/m1/s1. The summed E-state index contributed by atoms with van der Waals surface area (Å²) in [4.78, 5) is 22.6. The van der Waals surface area contributed by atoms with Gasteiger partial charge < -0.3 is 10.5 Å². The predicted molar refractivity (Wildman–Crippen MR) is 87.5 cm³/mol. The second kappa shape index (κ2) is 9.29. The number of ether oxygens (including phenoxy) is 1. The van der Waals surface area contributed by atoms with E-state index in [9.17, 15) is 14.9 Å². The van der Waals surface area contributed by atoms with Crippen LogP contribution in [0.3, 0.4) is 0 Å². The SMILES string of the molecule is CC(C)C[C@H](N)CCCN(C(=N)NC(=O)OC(C)(C)C)[N+](=O)[O-]. The van der Waals surface area contributed by atoms with Crippen LogP contribution in [0.25, 0.3) is 0 Å². The molecule has 0 radical (unpaired) electrons. The average Bonchev–Trinajstić information content (AvgIpc) is 2.30. The summed E-state index contributed by atoms with van der Waals surface area (Å²) in [6, 6.07) is -0.0309. The van der Waals surface area contributed by atoms with Crippen LogP contribution < -0.4 is 11.1 Å². The highest BCUT2D eigenvalue weighted by atomic mass is 16.7. The zero-order chi connectivity index (χ0) is 18.2. The first kappa shape index (κ1) is 21.1. The van der Waals surface area contributed by atoms with Crippen LogP contribution in [0.5, 0.6) is 0 Å². The van der Waals surface area contributed by atoms with Gasteiger partial charge in [-0.15, -0.1) is 0 Å². The molecule has 0 spiro atoms. The van der Waals surface area contributed by atoms with Crippen LogP contribution >= 0.6 is 0 Å². The fraction of sp³-hybridized carbons (Fsp3) is 0.857. The molecule has 0 aliphatic rings. The smallest absolute Gasteiger partial charge is 0.414 e. The molecular weight excluding hydrogens is 302 g/mol. The highest BCUT2D eigenvalue weighted by molar-refractivity contribution is 5.91. The number of nitrogens with two attached hydrogens (primary N) is 1. The van der Waals surface area contributed by atoms with E-state index >= 15 is 0 Å². The van der Waals surface area contributed by atoms with Crippen LogP contribution in [0.15, 0.2) is 0 Å². The van der Waals surface area contributed by atoms with Gasteiger partial charge in [0.15, 0.2) is 5.03 Å². The van der Waals surface area contributed by atoms with E-state index in [2.05, 4.69) is 19.2 Å². The molecule has 1 atom stereocenters. The largest absolute Gasteiger partial charge is 0.444 e. The number of hydrazine groups is 1. The van der Waals surface area contributed by atoms with Gasteiger partial charge in [-0.2, -0.15) is 0 Å². The van der Waals surface area contributed by atoms with Crippen LogP contribution in [-0.2, 0) is 4.74 Å². The maximum atomic E-state index is 11.6. The minimum atomic E-state index is -0.897. The molecule has 134 valence electrons. The summed E-state index contributed by atoms with van der Waals surface area (Å²) in [7, 11) is 0. The minimum absolute atomic E-state index is 0.00652. The van der Waals surface area contributed by atoms with Crippen molar-refractivity contribution < 1.29 is 14.6 Å². The number of hydrogen-bond acceptors (Lipinski definition) is 6. The van der Waals surface area contributed by atoms with Crippen molar-refractivity contribution in [3.63, 3.8) is 0 Å². The third-order valence-corrected chi connectivity index (χ3v) is 2.79. The number of nitro groups is 1. The summed E-state index contributed by atoms with van der Waals surface area (Å²) in [5.41, 5.74) is 5.19. The molecule has 0 aromatic carbocycles. The molecule has 0 aromatic rings. The lowest BCUT2D eigenvalue weighted by Gasteiger charge is -2.21. The number of hydrogen-bond donors (Lipinski definition) is 3. The van der Waals surface area contributed by atoms with Gasteiger partial charge >= 0.3 is 6.09 Å². The van der Waals surface area contributed by atoms with Crippen molar-refractivity contribution in [2.45, 2.75) is 65.5 Å². The molecule has 0 bridgehead atoms. The summed E-state index contributed by atoms with van der Waals surface area (Å²) in [5.74, 6) is -0.162. The van der Waals surface area contributed by atoms with Gasteiger partial charge in [0.2, 0.25) is 0 Å². The Morgan fingerprint density at radius 1 is 1.43 bits per heavy atom. The fourth-order valence-corrected chi connectivity index (χ4v) is 1.97. The van der Waals surface area contributed by atoms with E-state index < -0.39 is 22.7 Å². The van der Waals surface area contributed by atoms with Gasteiger partial charge in [-0.1, -0.05) is 18.9 Å². The van der Waals surface area contributed by atoms with Gasteiger partial charge in [0.25, 0.3) is 5.96 Å². The molecular formula is C14H29N5O4. The molecule has 4 N–H and O–H groups in total. The Bertz CT molecular complexity index is 420. The third kappa shape index (κ3) is 10.5. The third-order valence-electron chi connectivity index (χ3n) is 2.79. The number of carbonyl (C=O) groups excluding carboxylic acids is 1. The Morgan fingerprint density at radius 2 is 2.00 bits per heavy atom. The van der Waals surface area contributed by atoms with Gasteiger partial charge in [0.1, 0.15) is 5.60 Å². The van der Waals surface area contributed by atoms with Crippen LogP contribution in [0.4, 0.5) is 4.79 Å². The molecule has 0 saturated heterocycles. The zero-order valence-corrected chi connectivity index (χ0v) is 14.6. The Morgan fingerprint density at radius 3 is 2.43 bits per heavy atom. The van der Waals surface area contributed by atoms with E-state index in [-0.39, 0.29) is 12.6 Å². The van der Waals surface area contributed by atoms with Gasteiger partial charge in [-0.05, 0) is 46.0 Å². The van der Waals surface area contributed by atoms with Crippen LogP contribution in [0.2, 0.25) is 0 Å². The Balaban J connectivity index is 4.42. The highest BCUT2D eigenvalue weighted by Gasteiger charge is 2.25. The quantitative estimate of drug-likeness (QED) is 0.283. The minimum Gasteiger partial charge on any atom is -0.444 e. The zero-order valence-electron chi connectivity index (χ0n) is 14.6. The van der Waals surface area contributed by atoms with Crippen LogP contribution in [0, 0.1) is 21.4 Å². The lowest BCUT2D eigenvalue weighted by Crippen LogP contribution is -2.48. The molecule has 0 unspecified atom stereocenters. The molecule has 9 nitrogen and oxygen atoms in total. The van der Waals surface area contributed by atoms with Crippen molar-refractivity contribution >= 4 is 12.1 Å². The molecule has 0 aliphatic heterocycles. The number of rotatable bonds is 7. The predicted octanol–water partition coefficient (Wildman–Crippen LogP) is 2.09. The fourth-order valence-electron chi connectivity index (χ4n) is 1.97. The molecule has 23 heavy (non-hydrogen) atoms. The first-order chi connectivity index (χ1) is 10.4. The van der Waals surface area contributed by atoms with E-state index in [1.807, 2.05) is 0 Å². The van der Waals surface area contributed by atoms with Crippen molar-refractivity contribution in [3.05, 3.63) is 10.1 Å². The van der Waals surface area contributed by atoms with E-state index in [1.165, 1.54) is 0 Å². The van der Waals surface area contributed by atoms with Crippen molar-refractivity contribution in [3.8, 4) is 0 Å². The number of carbonyl (C=O) groups is 1. The topological polar surface area (TPSA) is 135 Å². The van der Waals surface area contributed by atoms with Crippen LogP contribution in [-0.4, -0.2) is 40.3 Å². The van der Waals surface area contributed by atoms with Crippen molar-refractivity contribution in [2.75, 3.05) is 6.54 Å². The number of guanidine groups is 1. The molecule has 0 saturated carbocycles. The van der Waals surface area contributed by atoms with Crippen molar-refractivity contribution in [1.82, 2.24) is 10.3 Å². The Labute approximate surface area is 137 Å². The highest BCUT2D eigenvalue weighted by Crippen LogP contribution is 2.09. The second-order valence-electron chi connectivity index (χ2n) is 6.87. The van der Waals surface area contributed by atoms with Gasteiger partial charge in [0, 0.05) is 6.04 Å². The van der Waals surface area contributed by atoms with Gasteiger partial charge in [-0.3, -0.25) is 10.7 Å². The molecule has 9 heteroatoms. The first-order valence-electron chi connectivity index (χ1n) is 7.68. The summed E-state index contributed by atoms with van der Waals surface area (Å²) in [5, 5.41) is 20.6. The summed E-state index contributed by atoms with van der Waals surface area (Å²) in [6.07, 6.45) is 1.01. The Kier molecular flexibility index (Phi) is 8.52. The van der Waals surface area contributed by atoms with E-state index in [4.69, 9.17) is 15.9 Å². The summed E-state index contributed by atoms with van der Waals surface area (Å²) < 4.78 is 4.96. The van der Waals surface area contributed by atoms with Gasteiger partial charge in [0.05, 0.1) is 6.54 Å². The monoisotopic (exact) mass is 331 g/mol. The maximum absolute atomic E-state index is 11.6. The number of nitrogens with one attached hydrogen (secondary N) is 2. The normalized spacial score (nSPS) is 12.7. The molecule has 0 aliphatic carbocycles. The molecule has 0 rings (SSSR count). The molecule has 0 fully saturated rings. The summed E-state index contributed by atoms with van der Waals surface area (Å²) >= 11 is 0. The Hall–Kier alpha value is -1.90. The second-order valence-corrected chi connectivity index (χ2v) is 6.87. The summed E-state index contributed by atoms with van der Waals surface area (Å²) in [6.45, 7) is 9.10. The number of amides is 1. The molecule has 1 amide bonds. The lowest BCUT2D eigenvalue weighted by atomic mass is 10.0. The first-order valence-corrected chi connectivity index (χ1v) is 7.68. The van der Waals surface area contributed by atoms with Gasteiger partial charge in [-0.25, -0.2) is 14.9 Å². The number of nitrogens with zero attached hydrogens (tertiary/aromatic N) is 2. The lowest BCUT2D eigenvalue weighted by molar-refractivity contribution is -0.630. The van der Waals surface area contributed by atoms with E-state index in [0.717, 1.165) is 6.42 Å². The van der Waals surface area contributed by atoms with Crippen molar-refractivity contribution in [1.29, 1.82) is 5.41 Å². The van der Waals surface area contributed by atoms with Crippen LogP contribution in [0.1, 0.15) is 53.9 Å². The average molecular weight is 331 g/mol. The van der Waals surface area contributed by atoms with Crippen molar-refractivity contribution in [2.24, 2.45) is 11.7 Å². The molecule has 0 heterocycles. The number of alkyl carbamates (subject to hydrolysis) is 1. The van der Waals surface area contributed by atoms with E-state index in [0.29, 0.717) is 23.8 Å². The maximum Gasteiger partial charge on any atom is 0.414 e. The van der Waals surface area contributed by atoms with E-state index in [1.54, 1.807) is 20.8 Å².